The highest BCUT2D eigenvalue weighted by molar-refractivity contribution is 8.00. The molecule has 1 aromatic heterocycles. The number of nitrogens with one attached hydrogen (secondary N) is 1. The van der Waals surface area contributed by atoms with Gasteiger partial charge in [0.05, 0.1) is 11.9 Å². The fraction of sp³-hybridized carbons (Fsp3) is 0.333. The zero-order valence-corrected chi connectivity index (χ0v) is 13.2. The zero-order chi connectivity index (χ0) is 16.1. The van der Waals surface area contributed by atoms with Gasteiger partial charge in [0.25, 0.3) is 0 Å². The van der Waals surface area contributed by atoms with E-state index in [-0.39, 0.29) is 11.7 Å². The van der Waals surface area contributed by atoms with Crippen molar-refractivity contribution < 1.29 is 13.6 Å². The van der Waals surface area contributed by atoms with Gasteiger partial charge in [-0.1, -0.05) is 13.8 Å². The number of aromatic nitrogens is 2. The van der Waals surface area contributed by atoms with E-state index in [2.05, 4.69) is 24.3 Å². The van der Waals surface area contributed by atoms with Crippen LogP contribution >= 0.6 is 11.8 Å². The fourth-order valence-electron chi connectivity index (χ4n) is 1.82. The minimum absolute atomic E-state index is 0.109. The van der Waals surface area contributed by atoms with Crippen LogP contribution < -0.4 is 5.32 Å². The van der Waals surface area contributed by atoms with E-state index in [9.17, 15) is 13.6 Å². The first-order valence-electron chi connectivity index (χ1n) is 6.85. The Morgan fingerprint density at radius 3 is 2.77 bits per heavy atom. The van der Waals surface area contributed by atoms with Crippen LogP contribution in [-0.2, 0) is 11.3 Å². The van der Waals surface area contributed by atoms with Gasteiger partial charge >= 0.3 is 0 Å². The lowest BCUT2D eigenvalue weighted by Crippen LogP contribution is -2.18. The summed E-state index contributed by atoms with van der Waals surface area (Å²) in [5.74, 6) is -0.887. The van der Waals surface area contributed by atoms with Gasteiger partial charge in [0.1, 0.15) is 5.82 Å². The minimum Gasteiger partial charge on any atom is -0.310 e. The Morgan fingerprint density at radius 2 is 2.09 bits per heavy atom. The number of rotatable bonds is 6. The third kappa shape index (κ3) is 4.56. The number of benzene rings is 1. The summed E-state index contributed by atoms with van der Waals surface area (Å²) < 4.78 is 27.6. The first kappa shape index (κ1) is 16.5. The van der Waals surface area contributed by atoms with Crippen molar-refractivity contribution in [1.82, 2.24) is 9.78 Å². The number of hydrogen-bond donors (Lipinski definition) is 1. The SMILES string of the molecule is CC(C)Cn1nccc1NC(=O)CSc1ccc(F)c(F)c1. The van der Waals surface area contributed by atoms with Crippen molar-refractivity contribution in [3.8, 4) is 0 Å². The molecular weight excluding hydrogens is 308 g/mol. The van der Waals surface area contributed by atoms with Crippen molar-refractivity contribution in [1.29, 1.82) is 0 Å². The Bertz CT molecular complexity index is 658. The molecule has 4 nitrogen and oxygen atoms in total. The van der Waals surface area contributed by atoms with E-state index in [0.717, 1.165) is 23.9 Å². The second-order valence-corrected chi connectivity index (χ2v) is 6.25. The fourth-order valence-corrected chi connectivity index (χ4v) is 2.55. The summed E-state index contributed by atoms with van der Waals surface area (Å²) in [6, 6.07) is 5.30. The average Bonchev–Trinajstić information content (AvgIpc) is 2.86. The molecule has 2 aromatic rings. The van der Waals surface area contributed by atoms with Crippen molar-refractivity contribution in [2.75, 3.05) is 11.1 Å². The molecule has 0 atom stereocenters. The molecule has 0 aliphatic heterocycles. The van der Waals surface area contributed by atoms with Crippen LogP contribution in [0.4, 0.5) is 14.6 Å². The van der Waals surface area contributed by atoms with E-state index < -0.39 is 11.6 Å². The van der Waals surface area contributed by atoms with E-state index in [4.69, 9.17) is 0 Å². The predicted molar refractivity (Wildman–Crippen MR) is 82.8 cm³/mol. The Kier molecular flexibility index (Phi) is 5.54. The second-order valence-electron chi connectivity index (χ2n) is 5.21. The summed E-state index contributed by atoms with van der Waals surface area (Å²) >= 11 is 1.14. The average molecular weight is 325 g/mol. The standard InChI is InChI=1S/C15H17F2N3OS/c1-10(2)8-20-14(5-6-18-20)19-15(21)9-22-11-3-4-12(16)13(17)7-11/h3-7,10H,8-9H2,1-2H3,(H,19,21). The zero-order valence-electron chi connectivity index (χ0n) is 12.3. The van der Waals surface area contributed by atoms with E-state index in [0.29, 0.717) is 23.2 Å². The quantitative estimate of drug-likeness (QED) is 0.826. The summed E-state index contributed by atoms with van der Waals surface area (Å²) in [6.45, 7) is 4.83. The molecule has 0 spiro atoms. The molecule has 118 valence electrons. The molecule has 2 rings (SSSR count). The lowest BCUT2D eigenvalue weighted by molar-refractivity contribution is -0.113. The third-order valence-corrected chi connectivity index (χ3v) is 3.78. The van der Waals surface area contributed by atoms with Crippen LogP contribution in [0.3, 0.4) is 0 Å². The molecule has 0 unspecified atom stereocenters. The maximum absolute atomic E-state index is 13.1. The molecule has 0 saturated carbocycles. The van der Waals surface area contributed by atoms with Crippen molar-refractivity contribution >= 4 is 23.5 Å². The van der Waals surface area contributed by atoms with E-state index in [1.165, 1.54) is 6.07 Å². The largest absolute Gasteiger partial charge is 0.310 e. The Morgan fingerprint density at radius 1 is 1.32 bits per heavy atom. The van der Waals surface area contributed by atoms with Crippen LogP contribution in [0.15, 0.2) is 35.4 Å². The Labute approximate surface area is 131 Å². The first-order chi connectivity index (χ1) is 10.5. The van der Waals surface area contributed by atoms with E-state index in [1.54, 1.807) is 16.9 Å². The Hall–Kier alpha value is -1.89. The van der Waals surface area contributed by atoms with Crippen LogP contribution in [0, 0.1) is 17.6 Å². The molecule has 1 aromatic carbocycles. The van der Waals surface area contributed by atoms with E-state index in [1.807, 2.05) is 0 Å². The predicted octanol–water partition coefficient (Wildman–Crippen LogP) is 3.55. The number of carbonyl (C=O) groups excluding carboxylic acids is 1. The van der Waals surface area contributed by atoms with Crippen LogP contribution in [0.25, 0.3) is 0 Å². The van der Waals surface area contributed by atoms with Crippen molar-refractivity contribution in [2.45, 2.75) is 25.3 Å². The highest BCUT2D eigenvalue weighted by atomic mass is 32.2. The maximum atomic E-state index is 13.1. The molecule has 0 aliphatic carbocycles. The number of hydrogen-bond acceptors (Lipinski definition) is 3. The number of carbonyl (C=O) groups is 1. The summed E-state index contributed by atoms with van der Waals surface area (Å²) in [6.07, 6.45) is 1.63. The Balaban J connectivity index is 1.90. The molecule has 1 N–H and O–H groups in total. The highest BCUT2D eigenvalue weighted by Crippen LogP contribution is 2.20. The van der Waals surface area contributed by atoms with Crippen molar-refractivity contribution in [3.63, 3.8) is 0 Å². The van der Waals surface area contributed by atoms with Gasteiger partial charge in [-0.25, -0.2) is 13.5 Å². The van der Waals surface area contributed by atoms with Crippen molar-refractivity contribution in [3.05, 3.63) is 42.1 Å². The molecule has 0 fully saturated rings. The van der Waals surface area contributed by atoms with Gasteiger partial charge in [-0.05, 0) is 24.1 Å². The third-order valence-electron chi connectivity index (χ3n) is 2.78. The van der Waals surface area contributed by atoms with Gasteiger partial charge in [0.2, 0.25) is 5.91 Å². The molecule has 0 saturated heterocycles. The lowest BCUT2D eigenvalue weighted by Gasteiger charge is -2.10. The van der Waals surface area contributed by atoms with Gasteiger partial charge in [-0.2, -0.15) is 5.10 Å². The molecular formula is C15H17F2N3OS. The first-order valence-corrected chi connectivity index (χ1v) is 7.84. The smallest absolute Gasteiger partial charge is 0.235 e. The molecule has 0 aliphatic rings. The highest BCUT2D eigenvalue weighted by Gasteiger charge is 2.10. The van der Waals surface area contributed by atoms with Gasteiger partial charge in [-0.3, -0.25) is 4.79 Å². The van der Waals surface area contributed by atoms with Gasteiger partial charge in [0, 0.05) is 17.5 Å². The number of amides is 1. The van der Waals surface area contributed by atoms with Crippen LogP contribution in [0.1, 0.15) is 13.8 Å². The monoisotopic (exact) mass is 325 g/mol. The summed E-state index contributed by atoms with van der Waals surface area (Å²) in [4.78, 5) is 12.4. The minimum atomic E-state index is -0.916. The lowest BCUT2D eigenvalue weighted by atomic mass is 10.2. The normalized spacial score (nSPS) is 11.0. The van der Waals surface area contributed by atoms with Gasteiger partial charge < -0.3 is 5.32 Å². The number of halogens is 2. The van der Waals surface area contributed by atoms with Crippen LogP contribution in [0.5, 0.6) is 0 Å². The maximum Gasteiger partial charge on any atom is 0.235 e. The number of anilines is 1. The van der Waals surface area contributed by atoms with Crippen LogP contribution in [0.2, 0.25) is 0 Å². The van der Waals surface area contributed by atoms with E-state index >= 15 is 0 Å². The number of nitrogens with zero attached hydrogens (tertiary/aromatic N) is 2. The van der Waals surface area contributed by atoms with Crippen molar-refractivity contribution in [2.24, 2.45) is 5.92 Å². The second kappa shape index (κ2) is 7.40. The molecule has 1 amide bonds. The molecule has 1 heterocycles. The molecule has 0 radical (unpaired) electrons. The molecule has 22 heavy (non-hydrogen) atoms. The topological polar surface area (TPSA) is 46.9 Å². The summed E-state index contributed by atoms with van der Waals surface area (Å²) in [7, 11) is 0. The summed E-state index contributed by atoms with van der Waals surface area (Å²) in [5, 5.41) is 6.92. The van der Waals surface area contributed by atoms with Gasteiger partial charge in [-0.15, -0.1) is 11.8 Å². The summed E-state index contributed by atoms with van der Waals surface area (Å²) in [5.41, 5.74) is 0. The van der Waals surface area contributed by atoms with Crippen LogP contribution in [-0.4, -0.2) is 21.4 Å². The molecule has 0 bridgehead atoms. The van der Waals surface area contributed by atoms with Gasteiger partial charge in [0.15, 0.2) is 11.6 Å². The molecule has 7 heteroatoms. The number of thioether (sulfide) groups is 1.